The minimum atomic E-state index is -0.0178. The molecular weight excluding hydrogens is 712 g/mol. The molecule has 0 spiro atoms. The molecule has 0 heterocycles. The highest BCUT2D eigenvalue weighted by molar-refractivity contribution is 6.35. The maximum atomic E-state index is 10.4. The zero-order valence-corrected chi connectivity index (χ0v) is 43.5. The molecule has 57 heavy (non-hydrogen) atoms. The van der Waals surface area contributed by atoms with E-state index < -0.39 is 0 Å². The van der Waals surface area contributed by atoms with Crippen LogP contribution in [-0.2, 0) is 32.5 Å². The highest BCUT2D eigenvalue weighted by atomic mass is 27.1. The second kappa shape index (κ2) is 20.7. The fraction of sp³-hybridized carbons (Fsp3) is 0.660. The lowest BCUT2D eigenvalue weighted by Gasteiger charge is -2.27. The monoisotopic (exact) mass is 803 g/mol. The summed E-state index contributed by atoms with van der Waals surface area (Å²) in [5.41, 5.74) is 9.78. The van der Waals surface area contributed by atoms with Gasteiger partial charge >= 0.3 is 0 Å². The Bertz CT molecular complexity index is 1400. The van der Waals surface area contributed by atoms with E-state index in [0.717, 1.165) is 45.2 Å². The number of aromatic hydroxyl groups is 3. The van der Waals surface area contributed by atoms with Crippen LogP contribution in [0.3, 0.4) is 0 Å². The molecule has 3 aromatic rings. The number of rotatable bonds is 4. The second-order valence-corrected chi connectivity index (χ2v) is 25.7. The summed E-state index contributed by atoms with van der Waals surface area (Å²) in [6, 6.07) is 12.5. The van der Waals surface area contributed by atoms with E-state index in [1.54, 1.807) is 0 Å². The van der Waals surface area contributed by atoms with Gasteiger partial charge in [0.2, 0.25) is 15.2 Å². The Morgan fingerprint density at radius 3 is 0.596 bits per heavy atom. The number of aryl methyl sites for hydroxylation is 3. The van der Waals surface area contributed by atoms with Crippen molar-refractivity contribution in [3.8, 4) is 17.2 Å². The van der Waals surface area contributed by atoms with E-state index in [9.17, 15) is 15.3 Å². The SMILES string of the molecule is CC(C)[CH2][AlH][CH2]C(C)C.Cc1cc(C(C)(C)C)c(O)c(C(C)(C)C)c1.Cc1cc(C(C)(C)C)c(O)c(C(C)(C)C)c1.Cc1cc(C(C)(C)C)c(O)c(C(C)(C)C)c1. The predicted molar refractivity (Wildman–Crippen MR) is 257 cm³/mol. The molecule has 0 radical (unpaired) electrons. The van der Waals surface area contributed by atoms with Crippen molar-refractivity contribution >= 4 is 15.2 Å². The Morgan fingerprint density at radius 1 is 0.351 bits per heavy atom. The summed E-state index contributed by atoms with van der Waals surface area (Å²) in [5.74, 6) is 3.30. The molecule has 0 saturated carbocycles. The molecule has 0 saturated heterocycles. The quantitative estimate of drug-likeness (QED) is 0.230. The molecule has 0 atom stereocenters. The molecular formula is C53H91AlO3. The third-order valence-corrected chi connectivity index (χ3v) is 13.3. The number of benzene rings is 3. The van der Waals surface area contributed by atoms with Crippen molar-refractivity contribution < 1.29 is 15.3 Å². The summed E-state index contributed by atoms with van der Waals surface area (Å²) in [4.78, 5) is 0. The molecule has 3 nitrogen and oxygen atoms in total. The minimum Gasteiger partial charge on any atom is -0.507 e. The van der Waals surface area contributed by atoms with Crippen molar-refractivity contribution in [2.75, 3.05) is 0 Å². The first-order valence-electron chi connectivity index (χ1n) is 21.8. The fourth-order valence-corrected chi connectivity index (χ4v) is 8.57. The lowest BCUT2D eigenvalue weighted by Crippen LogP contribution is -2.17. The van der Waals surface area contributed by atoms with E-state index in [2.05, 4.69) is 209 Å². The normalized spacial score (nSPS) is 12.6. The van der Waals surface area contributed by atoms with Crippen LogP contribution in [0.15, 0.2) is 36.4 Å². The Kier molecular flexibility index (Phi) is 19.8. The third-order valence-electron chi connectivity index (χ3n) is 10.2. The molecule has 0 aliphatic heterocycles. The first kappa shape index (κ1) is 54.6. The van der Waals surface area contributed by atoms with Gasteiger partial charge in [-0.1, -0.05) is 228 Å². The summed E-state index contributed by atoms with van der Waals surface area (Å²) >= 11 is 0.316. The van der Waals surface area contributed by atoms with Crippen molar-refractivity contribution in [3.05, 3.63) is 86.5 Å². The van der Waals surface area contributed by atoms with Crippen LogP contribution in [0.4, 0.5) is 0 Å². The van der Waals surface area contributed by atoms with Crippen molar-refractivity contribution in [2.45, 2.75) is 216 Å². The van der Waals surface area contributed by atoms with Gasteiger partial charge in [-0.2, -0.15) is 0 Å². The Balaban J connectivity index is 0.000000749. The van der Waals surface area contributed by atoms with Crippen LogP contribution in [0.1, 0.15) is 202 Å². The average molecular weight is 803 g/mol. The van der Waals surface area contributed by atoms with Crippen LogP contribution < -0.4 is 0 Å². The van der Waals surface area contributed by atoms with Crippen LogP contribution in [0.5, 0.6) is 17.2 Å². The highest BCUT2D eigenvalue weighted by Gasteiger charge is 2.28. The molecule has 3 rings (SSSR count). The first-order valence-corrected chi connectivity index (χ1v) is 23.8. The van der Waals surface area contributed by atoms with E-state index in [-0.39, 0.29) is 32.5 Å². The molecule has 324 valence electrons. The number of phenols is 3. The van der Waals surface area contributed by atoms with Gasteiger partial charge in [-0.3, -0.25) is 0 Å². The first-order chi connectivity index (χ1) is 25.2. The molecule has 0 amide bonds. The largest absolute Gasteiger partial charge is 0.507 e. The molecule has 0 fully saturated rings. The topological polar surface area (TPSA) is 60.7 Å². The summed E-state index contributed by atoms with van der Waals surface area (Å²) in [6.45, 7) is 54.0. The molecule has 0 bridgehead atoms. The maximum absolute atomic E-state index is 10.4. The van der Waals surface area contributed by atoms with E-state index >= 15 is 0 Å². The van der Waals surface area contributed by atoms with Gasteiger partial charge in [0.15, 0.2) is 0 Å². The molecule has 3 aromatic carbocycles. The van der Waals surface area contributed by atoms with Gasteiger partial charge in [0.05, 0.1) is 0 Å². The van der Waals surface area contributed by atoms with Gasteiger partial charge in [-0.15, -0.1) is 0 Å². The Hall–Kier alpha value is -2.41. The van der Waals surface area contributed by atoms with Crippen molar-refractivity contribution in [3.63, 3.8) is 0 Å². The average Bonchev–Trinajstić information content (AvgIpc) is 2.97. The summed E-state index contributed by atoms with van der Waals surface area (Å²) < 4.78 is 0. The van der Waals surface area contributed by atoms with Crippen LogP contribution in [-0.4, -0.2) is 30.5 Å². The predicted octanol–water partition coefficient (Wildman–Crippen LogP) is 15.5. The van der Waals surface area contributed by atoms with Crippen LogP contribution in [0.2, 0.25) is 10.6 Å². The van der Waals surface area contributed by atoms with E-state index in [1.807, 2.05) is 0 Å². The minimum absolute atomic E-state index is 0.0178. The highest BCUT2D eigenvalue weighted by Crippen LogP contribution is 2.42. The molecule has 0 aromatic heterocycles. The zero-order chi connectivity index (χ0) is 45.4. The lowest BCUT2D eigenvalue weighted by molar-refractivity contribution is 0.422. The smallest absolute Gasteiger partial charge is 0.237 e. The van der Waals surface area contributed by atoms with Gasteiger partial charge in [-0.05, 0) is 86.6 Å². The number of hydrogen-bond acceptors (Lipinski definition) is 3. The Morgan fingerprint density at radius 2 is 0.491 bits per heavy atom. The van der Waals surface area contributed by atoms with Gasteiger partial charge in [-0.25, -0.2) is 0 Å². The molecule has 3 N–H and O–H groups in total. The Labute approximate surface area is 360 Å². The maximum Gasteiger partial charge on any atom is 0.237 e. The molecule has 0 aliphatic carbocycles. The third kappa shape index (κ3) is 18.6. The number of hydrogen-bond donors (Lipinski definition) is 3. The van der Waals surface area contributed by atoms with Gasteiger partial charge in [0.1, 0.15) is 17.2 Å². The lowest BCUT2D eigenvalue weighted by atomic mass is 9.78. The molecule has 0 unspecified atom stereocenters. The van der Waals surface area contributed by atoms with Crippen LogP contribution in [0, 0.1) is 32.6 Å². The van der Waals surface area contributed by atoms with E-state index in [1.165, 1.54) is 27.3 Å². The van der Waals surface area contributed by atoms with E-state index in [4.69, 9.17) is 0 Å². The van der Waals surface area contributed by atoms with E-state index in [0.29, 0.717) is 32.5 Å². The van der Waals surface area contributed by atoms with Gasteiger partial charge in [0, 0.05) is 0 Å². The van der Waals surface area contributed by atoms with Crippen molar-refractivity contribution in [2.24, 2.45) is 11.8 Å². The number of phenolic OH excluding ortho intramolecular Hbond substituents is 3. The fourth-order valence-electron chi connectivity index (χ4n) is 6.70. The summed E-state index contributed by atoms with van der Waals surface area (Å²) in [7, 11) is 0. The van der Waals surface area contributed by atoms with Crippen LogP contribution >= 0.6 is 0 Å². The van der Waals surface area contributed by atoms with Gasteiger partial charge < -0.3 is 15.3 Å². The molecule has 0 aliphatic rings. The standard InChI is InChI=1S/3C15H24O.2C4H9.Al.H/c3*1-10-8-11(14(2,3)4)13(16)12(9-10)15(5,6)7;2*1-4(2)3;;/h3*8-9,16H,1-7H3;2*4H,1H2,2-3H3;;. The van der Waals surface area contributed by atoms with Gasteiger partial charge in [0.25, 0.3) is 0 Å². The second-order valence-electron chi connectivity index (χ2n) is 23.8. The summed E-state index contributed by atoms with van der Waals surface area (Å²) in [6.07, 6.45) is 0. The molecule has 4 heteroatoms. The summed E-state index contributed by atoms with van der Waals surface area (Å²) in [5, 5.41) is 34.2. The van der Waals surface area contributed by atoms with Crippen molar-refractivity contribution in [1.82, 2.24) is 0 Å². The van der Waals surface area contributed by atoms with Crippen molar-refractivity contribution in [1.29, 1.82) is 0 Å². The van der Waals surface area contributed by atoms with Crippen LogP contribution in [0.25, 0.3) is 0 Å². The zero-order valence-electron chi connectivity index (χ0n) is 42.1.